The van der Waals surface area contributed by atoms with E-state index in [1.807, 2.05) is 32.2 Å². The van der Waals surface area contributed by atoms with Gasteiger partial charge in [0.15, 0.2) is 0 Å². The Hall–Kier alpha value is -2.21. The molecular weight excluding hydrogens is 240 g/mol. The number of hydrogen-bond donors (Lipinski definition) is 2. The van der Waals surface area contributed by atoms with Crippen molar-refractivity contribution in [3.8, 4) is 0 Å². The van der Waals surface area contributed by atoms with Crippen molar-refractivity contribution in [3.05, 3.63) is 42.0 Å². The van der Waals surface area contributed by atoms with Gasteiger partial charge in [-0.15, -0.1) is 0 Å². The van der Waals surface area contributed by atoms with E-state index >= 15 is 0 Å². The first-order valence-corrected chi connectivity index (χ1v) is 6.17. The molecule has 0 bridgehead atoms. The van der Waals surface area contributed by atoms with Gasteiger partial charge in [0.25, 0.3) is 0 Å². The van der Waals surface area contributed by atoms with E-state index in [0.717, 1.165) is 24.6 Å². The normalized spacial score (nSPS) is 10.3. The average molecular weight is 258 g/mol. The Kier molecular flexibility index (Phi) is 4.25. The molecule has 6 nitrogen and oxygen atoms in total. The fourth-order valence-electron chi connectivity index (χ4n) is 1.75. The van der Waals surface area contributed by atoms with Gasteiger partial charge in [0, 0.05) is 38.5 Å². The van der Waals surface area contributed by atoms with Crippen molar-refractivity contribution in [2.75, 3.05) is 17.4 Å². The van der Waals surface area contributed by atoms with Crippen LogP contribution in [0.2, 0.25) is 0 Å². The summed E-state index contributed by atoms with van der Waals surface area (Å²) in [5, 5.41) is 0. The second-order valence-electron chi connectivity index (χ2n) is 4.24. The standard InChI is InChI=1S/C13H18N6/c1-3-11-16-12(18-14)8-13(17-11)19(2)9-10-4-6-15-7-5-10/h4-8H,3,9,14H2,1-2H3,(H,16,17,18). The molecule has 19 heavy (non-hydrogen) atoms. The van der Waals surface area contributed by atoms with Gasteiger partial charge in [-0.25, -0.2) is 15.8 Å². The van der Waals surface area contributed by atoms with Crippen LogP contribution in [0.15, 0.2) is 30.6 Å². The lowest BCUT2D eigenvalue weighted by Gasteiger charge is -2.19. The van der Waals surface area contributed by atoms with Crippen LogP contribution in [0.1, 0.15) is 18.3 Å². The molecule has 0 radical (unpaired) electrons. The van der Waals surface area contributed by atoms with Gasteiger partial charge in [0.05, 0.1) is 0 Å². The second-order valence-corrected chi connectivity index (χ2v) is 4.24. The van der Waals surface area contributed by atoms with E-state index < -0.39 is 0 Å². The van der Waals surface area contributed by atoms with Crippen molar-refractivity contribution in [3.63, 3.8) is 0 Å². The predicted octanol–water partition coefficient (Wildman–Crippen LogP) is 1.36. The number of hydrazine groups is 1. The Morgan fingerprint density at radius 1 is 1.26 bits per heavy atom. The van der Waals surface area contributed by atoms with Gasteiger partial charge in [-0.3, -0.25) is 4.98 Å². The van der Waals surface area contributed by atoms with E-state index in [-0.39, 0.29) is 0 Å². The molecule has 0 saturated carbocycles. The lowest BCUT2D eigenvalue weighted by Crippen LogP contribution is -2.20. The number of hydrogen-bond acceptors (Lipinski definition) is 6. The van der Waals surface area contributed by atoms with Crippen molar-refractivity contribution in [1.82, 2.24) is 15.0 Å². The number of pyridine rings is 1. The number of nitrogens with one attached hydrogen (secondary N) is 1. The minimum Gasteiger partial charge on any atom is -0.355 e. The first-order chi connectivity index (χ1) is 9.22. The molecule has 3 N–H and O–H groups in total. The van der Waals surface area contributed by atoms with E-state index in [1.54, 1.807) is 12.4 Å². The first kappa shape index (κ1) is 13.2. The lowest BCUT2D eigenvalue weighted by molar-refractivity contribution is 0.857. The monoisotopic (exact) mass is 258 g/mol. The molecular formula is C13H18N6. The zero-order valence-corrected chi connectivity index (χ0v) is 11.2. The summed E-state index contributed by atoms with van der Waals surface area (Å²) >= 11 is 0. The van der Waals surface area contributed by atoms with Crippen molar-refractivity contribution in [1.29, 1.82) is 0 Å². The van der Waals surface area contributed by atoms with Crippen LogP contribution in [0.25, 0.3) is 0 Å². The number of nitrogens with two attached hydrogens (primary N) is 1. The van der Waals surface area contributed by atoms with Crippen molar-refractivity contribution < 1.29 is 0 Å². The molecule has 0 aromatic carbocycles. The van der Waals surface area contributed by atoms with Crippen LogP contribution in [0.5, 0.6) is 0 Å². The Bertz CT molecular complexity index is 506. The highest BCUT2D eigenvalue weighted by atomic mass is 15.3. The van der Waals surface area contributed by atoms with Gasteiger partial charge in [0.2, 0.25) is 0 Å². The molecule has 0 aliphatic carbocycles. The van der Waals surface area contributed by atoms with E-state index in [1.165, 1.54) is 5.56 Å². The quantitative estimate of drug-likeness (QED) is 0.622. The highest BCUT2D eigenvalue weighted by Crippen LogP contribution is 2.16. The fraction of sp³-hybridized carbons (Fsp3) is 0.308. The van der Waals surface area contributed by atoms with Gasteiger partial charge < -0.3 is 10.3 Å². The SMILES string of the molecule is CCc1nc(NN)cc(N(C)Cc2ccncc2)n1. The summed E-state index contributed by atoms with van der Waals surface area (Å²) < 4.78 is 0. The summed E-state index contributed by atoms with van der Waals surface area (Å²) in [6.45, 7) is 2.77. The molecule has 0 fully saturated rings. The molecule has 100 valence electrons. The number of nitrogen functional groups attached to an aromatic ring is 1. The molecule has 2 heterocycles. The minimum absolute atomic E-state index is 0.628. The van der Waals surface area contributed by atoms with Crippen molar-refractivity contribution in [2.24, 2.45) is 5.84 Å². The molecule has 6 heteroatoms. The number of aromatic nitrogens is 3. The van der Waals surface area contributed by atoms with Crippen LogP contribution in [0.4, 0.5) is 11.6 Å². The first-order valence-electron chi connectivity index (χ1n) is 6.17. The summed E-state index contributed by atoms with van der Waals surface area (Å²) in [5.74, 6) is 7.67. The predicted molar refractivity (Wildman–Crippen MR) is 75.6 cm³/mol. The van der Waals surface area contributed by atoms with Crippen LogP contribution in [-0.2, 0) is 13.0 Å². The summed E-state index contributed by atoms with van der Waals surface area (Å²) in [7, 11) is 1.99. The van der Waals surface area contributed by atoms with E-state index in [4.69, 9.17) is 5.84 Å². The third-order valence-electron chi connectivity index (χ3n) is 2.78. The van der Waals surface area contributed by atoms with Gasteiger partial charge >= 0.3 is 0 Å². The Morgan fingerprint density at radius 3 is 2.63 bits per heavy atom. The highest BCUT2D eigenvalue weighted by Gasteiger charge is 2.07. The zero-order valence-electron chi connectivity index (χ0n) is 11.2. The van der Waals surface area contributed by atoms with E-state index in [2.05, 4.69) is 25.3 Å². The third-order valence-corrected chi connectivity index (χ3v) is 2.78. The van der Waals surface area contributed by atoms with E-state index in [0.29, 0.717) is 5.82 Å². The number of anilines is 2. The van der Waals surface area contributed by atoms with Gasteiger partial charge in [0.1, 0.15) is 17.5 Å². The lowest BCUT2D eigenvalue weighted by atomic mass is 10.2. The highest BCUT2D eigenvalue weighted by molar-refractivity contribution is 5.48. The molecule has 2 rings (SSSR count). The third kappa shape index (κ3) is 3.38. The number of aryl methyl sites for hydroxylation is 1. The maximum absolute atomic E-state index is 5.43. The second kappa shape index (κ2) is 6.10. The van der Waals surface area contributed by atoms with Crippen molar-refractivity contribution >= 4 is 11.6 Å². The molecule has 0 unspecified atom stereocenters. The van der Waals surface area contributed by atoms with Gasteiger partial charge in [-0.1, -0.05) is 6.92 Å². The maximum atomic E-state index is 5.43. The largest absolute Gasteiger partial charge is 0.355 e. The molecule has 0 aliphatic rings. The Morgan fingerprint density at radius 2 is 2.00 bits per heavy atom. The molecule has 0 atom stereocenters. The summed E-state index contributed by atoms with van der Waals surface area (Å²) in [6, 6.07) is 5.81. The number of rotatable bonds is 5. The van der Waals surface area contributed by atoms with Crippen LogP contribution < -0.4 is 16.2 Å². The maximum Gasteiger partial charge on any atom is 0.145 e. The molecule has 2 aromatic rings. The summed E-state index contributed by atoms with van der Waals surface area (Å²) in [4.78, 5) is 14.8. The zero-order chi connectivity index (χ0) is 13.7. The average Bonchev–Trinajstić information content (AvgIpc) is 2.47. The molecule has 0 spiro atoms. The molecule has 2 aromatic heterocycles. The number of nitrogens with zero attached hydrogens (tertiary/aromatic N) is 4. The Labute approximate surface area is 112 Å². The summed E-state index contributed by atoms with van der Waals surface area (Å²) in [5.41, 5.74) is 3.75. The molecule has 0 aliphatic heterocycles. The van der Waals surface area contributed by atoms with Crippen LogP contribution in [0, 0.1) is 0 Å². The van der Waals surface area contributed by atoms with Gasteiger partial charge in [-0.05, 0) is 17.7 Å². The Balaban J connectivity index is 2.20. The van der Waals surface area contributed by atoms with Gasteiger partial charge in [-0.2, -0.15) is 0 Å². The molecule has 0 amide bonds. The molecule has 0 saturated heterocycles. The van der Waals surface area contributed by atoms with Crippen LogP contribution >= 0.6 is 0 Å². The van der Waals surface area contributed by atoms with E-state index in [9.17, 15) is 0 Å². The minimum atomic E-state index is 0.628. The van der Waals surface area contributed by atoms with Crippen LogP contribution in [0.3, 0.4) is 0 Å². The fourth-order valence-corrected chi connectivity index (χ4v) is 1.75. The van der Waals surface area contributed by atoms with Crippen LogP contribution in [-0.4, -0.2) is 22.0 Å². The van der Waals surface area contributed by atoms with Crippen molar-refractivity contribution in [2.45, 2.75) is 19.9 Å². The smallest absolute Gasteiger partial charge is 0.145 e. The topological polar surface area (TPSA) is 80.0 Å². The summed E-state index contributed by atoms with van der Waals surface area (Å²) in [6.07, 6.45) is 4.34.